The molecule has 1 N–H and O–H groups in total. The number of nitrogens with zero attached hydrogens (tertiary/aromatic N) is 1. The second-order valence-electron chi connectivity index (χ2n) is 7.14. The number of methoxy groups -OCH3 is 5. The number of hydrogen-bond donors (Lipinski definition) is 1. The van der Waals surface area contributed by atoms with E-state index >= 15 is 0 Å². The van der Waals surface area contributed by atoms with E-state index in [1.165, 1.54) is 0 Å². The highest BCUT2D eigenvalue weighted by atomic mass is 16.5. The number of aliphatic carboxylic acids is 1. The Labute approximate surface area is 182 Å². The molecule has 0 aliphatic carbocycles. The SMILES string of the molecule is COc1ccc(C(c2c(OC)cccc2OC)N2CCCC2C(=O)O)c(OC)c1OC. The van der Waals surface area contributed by atoms with E-state index in [0.29, 0.717) is 41.7 Å². The van der Waals surface area contributed by atoms with Crippen LogP contribution in [0.15, 0.2) is 30.3 Å². The molecule has 3 rings (SSSR count). The molecule has 8 heteroatoms. The number of carboxylic acids is 1. The van der Waals surface area contributed by atoms with Crippen LogP contribution in [0.25, 0.3) is 0 Å². The number of hydrogen-bond acceptors (Lipinski definition) is 7. The summed E-state index contributed by atoms with van der Waals surface area (Å²) in [6.07, 6.45) is 1.32. The van der Waals surface area contributed by atoms with Gasteiger partial charge in [-0.15, -0.1) is 0 Å². The lowest BCUT2D eigenvalue weighted by Gasteiger charge is -2.34. The Kier molecular flexibility index (Phi) is 7.12. The molecule has 2 aromatic rings. The third kappa shape index (κ3) is 4.07. The van der Waals surface area contributed by atoms with Crippen LogP contribution in [-0.2, 0) is 4.79 Å². The number of benzene rings is 2. The topological polar surface area (TPSA) is 86.7 Å². The van der Waals surface area contributed by atoms with E-state index in [4.69, 9.17) is 23.7 Å². The van der Waals surface area contributed by atoms with Gasteiger partial charge < -0.3 is 28.8 Å². The Balaban J connectivity index is 2.33. The fourth-order valence-electron chi connectivity index (χ4n) is 4.35. The van der Waals surface area contributed by atoms with Crippen LogP contribution in [0, 0.1) is 0 Å². The van der Waals surface area contributed by atoms with E-state index in [1.54, 1.807) is 41.6 Å². The van der Waals surface area contributed by atoms with Crippen molar-refractivity contribution in [3.8, 4) is 28.7 Å². The third-order valence-corrected chi connectivity index (χ3v) is 5.68. The lowest BCUT2D eigenvalue weighted by Crippen LogP contribution is -2.39. The molecule has 1 aliphatic rings. The Morgan fingerprint density at radius 3 is 2.03 bits per heavy atom. The molecule has 31 heavy (non-hydrogen) atoms. The van der Waals surface area contributed by atoms with E-state index in [2.05, 4.69) is 0 Å². The summed E-state index contributed by atoms with van der Waals surface area (Å²) < 4.78 is 28.1. The Morgan fingerprint density at radius 1 is 0.903 bits per heavy atom. The summed E-state index contributed by atoms with van der Waals surface area (Å²) in [5.41, 5.74) is 1.46. The monoisotopic (exact) mass is 431 g/mol. The minimum atomic E-state index is -0.865. The molecule has 1 aliphatic heterocycles. The first-order chi connectivity index (χ1) is 15.0. The molecule has 1 fully saturated rings. The van der Waals surface area contributed by atoms with Crippen LogP contribution < -0.4 is 23.7 Å². The van der Waals surface area contributed by atoms with Gasteiger partial charge in [-0.1, -0.05) is 6.07 Å². The molecular formula is C23H29NO7. The van der Waals surface area contributed by atoms with Crippen molar-refractivity contribution < 1.29 is 33.6 Å². The zero-order valence-electron chi connectivity index (χ0n) is 18.5. The summed E-state index contributed by atoms with van der Waals surface area (Å²) in [4.78, 5) is 14.0. The third-order valence-electron chi connectivity index (χ3n) is 5.68. The Morgan fingerprint density at radius 2 is 1.52 bits per heavy atom. The van der Waals surface area contributed by atoms with Crippen LogP contribution >= 0.6 is 0 Å². The molecule has 8 nitrogen and oxygen atoms in total. The summed E-state index contributed by atoms with van der Waals surface area (Å²) in [5, 5.41) is 9.91. The van der Waals surface area contributed by atoms with Crippen molar-refractivity contribution in [2.45, 2.75) is 24.9 Å². The van der Waals surface area contributed by atoms with Gasteiger partial charge in [-0.05, 0) is 37.1 Å². The Bertz CT molecular complexity index is 908. The minimum absolute atomic E-state index is 0.437. The predicted octanol–water partition coefficient (Wildman–Crippen LogP) is 3.37. The second-order valence-corrected chi connectivity index (χ2v) is 7.14. The second kappa shape index (κ2) is 9.78. The fourth-order valence-corrected chi connectivity index (χ4v) is 4.35. The molecule has 168 valence electrons. The van der Waals surface area contributed by atoms with Crippen LogP contribution in [0.3, 0.4) is 0 Å². The smallest absolute Gasteiger partial charge is 0.320 e. The first kappa shape index (κ1) is 22.6. The van der Waals surface area contributed by atoms with Gasteiger partial charge in [0.1, 0.15) is 17.5 Å². The predicted molar refractivity (Wildman–Crippen MR) is 115 cm³/mol. The Hall–Kier alpha value is -3.13. The fraction of sp³-hybridized carbons (Fsp3) is 0.435. The van der Waals surface area contributed by atoms with Crippen LogP contribution in [-0.4, -0.2) is 64.1 Å². The quantitative estimate of drug-likeness (QED) is 0.647. The van der Waals surface area contributed by atoms with Gasteiger partial charge in [0, 0.05) is 12.1 Å². The largest absolute Gasteiger partial charge is 0.496 e. The van der Waals surface area contributed by atoms with Crippen molar-refractivity contribution in [3.05, 3.63) is 41.5 Å². The molecule has 0 amide bonds. The van der Waals surface area contributed by atoms with Crippen LogP contribution in [0.4, 0.5) is 0 Å². The first-order valence-corrected chi connectivity index (χ1v) is 10.0. The number of likely N-dealkylation sites (tertiary alicyclic amines) is 1. The van der Waals surface area contributed by atoms with Crippen molar-refractivity contribution >= 4 is 5.97 Å². The number of rotatable bonds is 9. The van der Waals surface area contributed by atoms with Crippen molar-refractivity contribution in [3.63, 3.8) is 0 Å². The van der Waals surface area contributed by atoms with E-state index in [0.717, 1.165) is 17.5 Å². The molecule has 0 aromatic heterocycles. The maximum absolute atomic E-state index is 12.1. The lowest BCUT2D eigenvalue weighted by molar-refractivity contribution is -0.142. The van der Waals surface area contributed by atoms with Gasteiger partial charge in [-0.2, -0.15) is 0 Å². The van der Waals surface area contributed by atoms with Crippen molar-refractivity contribution in [2.24, 2.45) is 0 Å². The molecule has 0 radical (unpaired) electrons. The van der Waals surface area contributed by atoms with Crippen LogP contribution in [0.2, 0.25) is 0 Å². The summed E-state index contributed by atoms with van der Waals surface area (Å²) >= 11 is 0. The van der Waals surface area contributed by atoms with Gasteiger partial charge in [0.25, 0.3) is 0 Å². The normalized spacial score (nSPS) is 17.1. The summed E-state index contributed by atoms with van der Waals surface area (Å²) in [6.45, 7) is 0.598. The lowest BCUT2D eigenvalue weighted by atomic mass is 9.93. The average molecular weight is 431 g/mol. The molecule has 0 saturated carbocycles. The zero-order valence-corrected chi connectivity index (χ0v) is 18.5. The number of carboxylic acid groups (broad SMARTS) is 1. The summed E-state index contributed by atoms with van der Waals surface area (Å²) in [5.74, 6) is 1.75. The van der Waals surface area contributed by atoms with Crippen molar-refractivity contribution in [1.29, 1.82) is 0 Å². The standard InChI is InChI=1S/C23H29NO7/c1-27-16-9-6-10-17(28-2)19(16)20(24-13-7-8-15(24)23(25)26)14-11-12-18(29-3)22(31-5)21(14)30-4/h6,9-12,15,20H,7-8,13H2,1-5H3,(H,25,26). The van der Waals surface area contributed by atoms with Gasteiger partial charge in [-0.3, -0.25) is 9.69 Å². The average Bonchev–Trinajstić information content (AvgIpc) is 3.28. The van der Waals surface area contributed by atoms with Crippen LogP contribution in [0.5, 0.6) is 28.7 Å². The molecule has 0 spiro atoms. The van der Waals surface area contributed by atoms with E-state index < -0.39 is 18.1 Å². The van der Waals surface area contributed by atoms with Gasteiger partial charge in [0.2, 0.25) is 5.75 Å². The molecular weight excluding hydrogens is 402 g/mol. The highest BCUT2D eigenvalue weighted by Crippen LogP contribution is 2.50. The van der Waals surface area contributed by atoms with Crippen LogP contribution in [0.1, 0.15) is 30.0 Å². The van der Waals surface area contributed by atoms with E-state index in [-0.39, 0.29) is 0 Å². The molecule has 2 unspecified atom stereocenters. The van der Waals surface area contributed by atoms with E-state index in [9.17, 15) is 9.90 Å². The maximum Gasteiger partial charge on any atom is 0.320 e. The molecule has 0 bridgehead atoms. The molecule has 2 aromatic carbocycles. The molecule has 2 atom stereocenters. The molecule has 1 saturated heterocycles. The summed E-state index contributed by atoms with van der Waals surface area (Å²) in [7, 11) is 7.81. The minimum Gasteiger partial charge on any atom is -0.496 e. The van der Waals surface area contributed by atoms with Crippen molar-refractivity contribution in [1.82, 2.24) is 4.90 Å². The maximum atomic E-state index is 12.1. The van der Waals surface area contributed by atoms with Gasteiger partial charge >= 0.3 is 5.97 Å². The van der Waals surface area contributed by atoms with Crippen molar-refractivity contribution in [2.75, 3.05) is 42.1 Å². The highest BCUT2D eigenvalue weighted by molar-refractivity contribution is 5.74. The van der Waals surface area contributed by atoms with E-state index in [1.807, 2.05) is 29.2 Å². The van der Waals surface area contributed by atoms with Gasteiger partial charge in [0.05, 0.1) is 47.2 Å². The number of carbonyl (C=O) groups is 1. The van der Waals surface area contributed by atoms with Gasteiger partial charge in [-0.25, -0.2) is 0 Å². The molecule has 1 heterocycles. The highest BCUT2D eigenvalue weighted by Gasteiger charge is 2.41. The van der Waals surface area contributed by atoms with Gasteiger partial charge in [0.15, 0.2) is 11.5 Å². The summed E-state index contributed by atoms with van der Waals surface area (Å²) in [6, 6.07) is 8.00. The first-order valence-electron chi connectivity index (χ1n) is 10.0. The zero-order chi connectivity index (χ0) is 22.5. The number of ether oxygens (including phenoxy) is 5.